The number of aliphatic hydroxyl groups is 1. The minimum Gasteiger partial charge on any atom is -0.394 e. The lowest BCUT2D eigenvalue weighted by molar-refractivity contribution is 0.281. The van der Waals surface area contributed by atoms with Crippen LogP contribution < -0.4 is 5.32 Å². The Morgan fingerprint density at radius 1 is 1.62 bits per heavy atom. The summed E-state index contributed by atoms with van der Waals surface area (Å²) in [6, 6.07) is 0.0556. The van der Waals surface area contributed by atoms with Crippen molar-refractivity contribution in [2.45, 2.75) is 31.7 Å². The third kappa shape index (κ3) is 2.16. The molecule has 1 aromatic rings. The molecule has 1 aliphatic carbocycles. The normalized spacial score (nSPS) is 18.6. The van der Waals surface area contributed by atoms with Crippen LogP contribution in [0.1, 0.15) is 30.7 Å². The van der Waals surface area contributed by atoms with E-state index in [0.717, 1.165) is 10.1 Å². The summed E-state index contributed by atoms with van der Waals surface area (Å²) in [4.78, 5) is 0. The second kappa shape index (κ2) is 3.59. The molecule has 13 heavy (non-hydrogen) atoms. The molecule has 0 aliphatic heterocycles. The number of nitrogens with one attached hydrogen (secondary N) is 1. The number of aromatic nitrogens is 2. The van der Waals surface area contributed by atoms with E-state index in [9.17, 15) is 0 Å². The van der Waals surface area contributed by atoms with Gasteiger partial charge in [0, 0.05) is 12.0 Å². The summed E-state index contributed by atoms with van der Waals surface area (Å²) in [6.45, 7) is 2.04. The SMILES string of the molecule is C[C@@H](CO)Nc1nnc(C2CC2)s1. The van der Waals surface area contributed by atoms with Gasteiger partial charge in [-0.15, -0.1) is 10.2 Å². The fourth-order valence-corrected chi connectivity index (χ4v) is 2.07. The minimum atomic E-state index is 0.0556. The second-order valence-electron chi connectivity index (χ2n) is 3.45. The van der Waals surface area contributed by atoms with Crippen LogP contribution in [0.4, 0.5) is 5.13 Å². The van der Waals surface area contributed by atoms with Gasteiger partial charge >= 0.3 is 0 Å². The van der Waals surface area contributed by atoms with E-state index < -0.39 is 0 Å². The third-order valence-electron chi connectivity index (χ3n) is 2.01. The van der Waals surface area contributed by atoms with Crippen LogP contribution >= 0.6 is 11.3 Å². The molecular formula is C8H13N3OS. The molecule has 0 spiro atoms. The molecule has 5 heteroatoms. The van der Waals surface area contributed by atoms with Gasteiger partial charge in [0.25, 0.3) is 0 Å². The van der Waals surface area contributed by atoms with E-state index in [1.807, 2.05) is 6.92 Å². The Labute approximate surface area is 81.0 Å². The lowest BCUT2D eigenvalue weighted by atomic mass is 10.4. The molecule has 2 rings (SSSR count). The van der Waals surface area contributed by atoms with E-state index in [-0.39, 0.29) is 12.6 Å². The molecule has 0 aromatic carbocycles. The highest BCUT2D eigenvalue weighted by atomic mass is 32.1. The number of aliphatic hydroxyl groups excluding tert-OH is 1. The Balaban J connectivity index is 1.96. The Morgan fingerprint density at radius 3 is 3.00 bits per heavy atom. The van der Waals surface area contributed by atoms with Gasteiger partial charge in [0.05, 0.1) is 6.61 Å². The minimum absolute atomic E-state index is 0.0556. The van der Waals surface area contributed by atoms with Crippen molar-refractivity contribution in [2.24, 2.45) is 0 Å². The molecule has 0 radical (unpaired) electrons. The Hall–Kier alpha value is -0.680. The van der Waals surface area contributed by atoms with Gasteiger partial charge in [-0.1, -0.05) is 11.3 Å². The van der Waals surface area contributed by atoms with Crippen LogP contribution in [0, 0.1) is 0 Å². The maximum atomic E-state index is 8.82. The molecule has 2 N–H and O–H groups in total. The van der Waals surface area contributed by atoms with Crippen molar-refractivity contribution in [2.75, 3.05) is 11.9 Å². The van der Waals surface area contributed by atoms with Crippen molar-refractivity contribution in [1.29, 1.82) is 0 Å². The fourth-order valence-electron chi connectivity index (χ4n) is 1.04. The third-order valence-corrected chi connectivity index (χ3v) is 3.03. The lowest BCUT2D eigenvalue weighted by Crippen LogP contribution is -2.18. The smallest absolute Gasteiger partial charge is 0.205 e. The highest BCUT2D eigenvalue weighted by molar-refractivity contribution is 7.15. The largest absolute Gasteiger partial charge is 0.394 e. The first-order valence-corrected chi connectivity index (χ1v) is 5.32. The van der Waals surface area contributed by atoms with Crippen LogP contribution in [-0.4, -0.2) is 28.0 Å². The van der Waals surface area contributed by atoms with Gasteiger partial charge in [-0.05, 0) is 19.8 Å². The predicted molar refractivity (Wildman–Crippen MR) is 52.1 cm³/mol. The molecule has 4 nitrogen and oxygen atoms in total. The van der Waals surface area contributed by atoms with Gasteiger partial charge in [0.15, 0.2) is 0 Å². The Kier molecular flexibility index (Phi) is 2.46. The van der Waals surface area contributed by atoms with Crippen molar-refractivity contribution in [3.8, 4) is 0 Å². The van der Waals surface area contributed by atoms with Gasteiger partial charge in [-0.25, -0.2) is 0 Å². The standard InChI is InChI=1S/C8H13N3OS/c1-5(4-12)9-8-11-10-7(13-8)6-2-3-6/h5-6,12H,2-4H2,1H3,(H,9,11)/t5-/m0/s1. The lowest BCUT2D eigenvalue weighted by Gasteiger charge is -2.06. The second-order valence-corrected chi connectivity index (χ2v) is 4.46. The number of hydrogen-bond donors (Lipinski definition) is 2. The summed E-state index contributed by atoms with van der Waals surface area (Å²) in [6.07, 6.45) is 2.51. The summed E-state index contributed by atoms with van der Waals surface area (Å²) in [5.74, 6) is 0.664. The summed E-state index contributed by atoms with van der Waals surface area (Å²) in [5.41, 5.74) is 0. The number of anilines is 1. The van der Waals surface area contributed by atoms with E-state index in [1.54, 1.807) is 11.3 Å². The molecule has 0 saturated heterocycles. The van der Waals surface area contributed by atoms with Crippen molar-refractivity contribution >= 4 is 16.5 Å². The Morgan fingerprint density at radius 2 is 2.38 bits per heavy atom. The highest BCUT2D eigenvalue weighted by Crippen LogP contribution is 2.42. The molecule has 1 fully saturated rings. The van der Waals surface area contributed by atoms with E-state index >= 15 is 0 Å². The zero-order valence-corrected chi connectivity index (χ0v) is 8.34. The predicted octanol–water partition coefficient (Wildman–Crippen LogP) is 1.21. The van der Waals surface area contributed by atoms with Gasteiger partial charge < -0.3 is 10.4 Å². The summed E-state index contributed by atoms with van der Waals surface area (Å²) in [7, 11) is 0. The van der Waals surface area contributed by atoms with Crippen molar-refractivity contribution in [3.63, 3.8) is 0 Å². The maximum absolute atomic E-state index is 8.82. The zero-order valence-electron chi connectivity index (χ0n) is 7.53. The summed E-state index contributed by atoms with van der Waals surface area (Å²) >= 11 is 1.60. The van der Waals surface area contributed by atoms with Crippen LogP contribution in [0.3, 0.4) is 0 Å². The van der Waals surface area contributed by atoms with Crippen molar-refractivity contribution in [1.82, 2.24) is 10.2 Å². The van der Waals surface area contributed by atoms with Crippen LogP contribution in [-0.2, 0) is 0 Å². The number of nitrogens with zero attached hydrogens (tertiary/aromatic N) is 2. The molecule has 0 amide bonds. The van der Waals surface area contributed by atoms with Gasteiger partial charge in [0.1, 0.15) is 5.01 Å². The number of rotatable bonds is 4. The van der Waals surface area contributed by atoms with Gasteiger partial charge in [0.2, 0.25) is 5.13 Å². The first-order chi connectivity index (χ1) is 6.29. The molecule has 1 aromatic heterocycles. The van der Waals surface area contributed by atoms with E-state index in [4.69, 9.17) is 5.11 Å². The fraction of sp³-hybridized carbons (Fsp3) is 0.750. The van der Waals surface area contributed by atoms with Crippen LogP contribution in [0.2, 0.25) is 0 Å². The monoisotopic (exact) mass is 199 g/mol. The zero-order chi connectivity index (χ0) is 9.26. The average molecular weight is 199 g/mol. The van der Waals surface area contributed by atoms with Crippen molar-refractivity contribution < 1.29 is 5.11 Å². The van der Waals surface area contributed by atoms with Crippen LogP contribution in [0.15, 0.2) is 0 Å². The maximum Gasteiger partial charge on any atom is 0.205 e. The van der Waals surface area contributed by atoms with Gasteiger partial charge in [-0.3, -0.25) is 0 Å². The molecular weight excluding hydrogens is 186 g/mol. The quantitative estimate of drug-likeness (QED) is 0.765. The van der Waals surface area contributed by atoms with Crippen LogP contribution in [0.25, 0.3) is 0 Å². The molecule has 1 aliphatic rings. The van der Waals surface area contributed by atoms with E-state index in [0.29, 0.717) is 5.92 Å². The molecule has 1 heterocycles. The van der Waals surface area contributed by atoms with Crippen molar-refractivity contribution in [3.05, 3.63) is 5.01 Å². The van der Waals surface area contributed by atoms with E-state index in [2.05, 4.69) is 15.5 Å². The van der Waals surface area contributed by atoms with Gasteiger partial charge in [-0.2, -0.15) is 0 Å². The molecule has 0 bridgehead atoms. The summed E-state index contributed by atoms with van der Waals surface area (Å²) in [5, 5.41) is 22.0. The average Bonchev–Trinajstić information content (AvgIpc) is 2.88. The highest BCUT2D eigenvalue weighted by Gasteiger charge is 2.27. The Bertz CT molecular complexity index is 285. The van der Waals surface area contributed by atoms with Crippen LogP contribution in [0.5, 0.6) is 0 Å². The van der Waals surface area contributed by atoms with E-state index in [1.165, 1.54) is 12.8 Å². The first-order valence-electron chi connectivity index (χ1n) is 4.50. The first kappa shape index (κ1) is 8.90. The summed E-state index contributed by atoms with van der Waals surface area (Å²) < 4.78 is 0. The molecule has 0 unspecified atom stereocenters. The molecule has 1 saturated carbocycles. The molecule has 1 atom stereocenters. The molecule has 72 valence electrons. The number of hydrogen-bond acceptors (Lipinski definition) is 5. The topological polar surface area (TPSA) is 58.0 Å².